The number of anilines is 2. The molecule has 4 aliphatic heterocycles. The molecule has 56 heavy (non-hydrogen) atoms. The Morgan fingerprint density at radius 3 is 2.39 bits per heavy atom. The topological polar surface area (TPSA) is 145 Å². The Morgan fingerprint density at radius 1 is 0.929 bits per heavy atom. The van der Waals surface area contributed by atoms with Gasteiger partial charge < -0.3 is 29.2 Å². The fourth-order valence-electron chi connectivity index (χ4n) is 8.10. The Morgan fingerprint density at radius 2 is 1.68 bits per heavy atom. The number of ether oxygens (including phenoxy) is 1. The van der Waals surface area contributed by atoms with Gasteiger partial charge in [-0.05, 0) is 62.2 Å². The van der Waals surface area contributed by atoms with Crippen LogP contribution >= 0.6 is 0 Å². The van der Waals surface area contributed by atoms with Crippen molar-refractivity contribution in [1.82, 2.24) is 34.4 Å². The molecule has 14 nitrogen and oxygen atoms in total. The molecule has 1 unspecified atom stereocenters. The molecular weight excluding hydrogens is 731 g/mol. The fraction of sp³-hybridized carbons (Fsp3) is 0.436. The lowest BCUT2D eigenvalue weighted by molar-refractivity contribution is -0.141. The number of nitrogens with zero attached hydrogens (tertiary/aromatic N) is 7. The highest BCUT2D eigenvalue weighted by atomic mass is 19.4. The predicted molar refractivity (Wildman–Crippen MR) is 198 cm³/mol. The van der Waals surface area contributed by atoms with Gasteiger partial charge in [0.25, 0.3) is 11.8 Å². The Labute approximate surface area is 320 Å². The van der Waals surface area contributed by atoms with Gasteiger partial charge in [0.2, 0.25) is 11.8 Å². The summed E-state index contributed by atoms with van der Waals surface area (Å²) in [7, 11) is 1.45. The molecule has 1 aromatic carbocycles. The number of halogens is 3. The molecule has 0 bridgehead atoms. The quantitative estimate of drug-likeness (QED) is 0.241. The summed E-state index contributed by atoms with van der Waals surface area (Å²) in [6, 6.07) is 10.2. The molecule has 17 heteroatoms. The number of alkyl halides is 3. The first-order chi connectivity index (χ1) is 26.9. The number of rotatable bonds is 9. The van der Waals surface area contributed by atoms with Gasteiger partial charge in [-0.1, -0.05) is 12.1 Å². The van der Waals surface area contributed by atoms with E-state index in [0.29, 0.717) is 29.9 Å². The number of nitrogens with one attached hydrogen (secondary N) is 2. The zero-order chi connectivity index (χ0) is 39.1. The molecule has 4 amide bonds. The maximum Gasteiger partial charge on any atom is 0.433 e. The van der Waals surface area contributed by atoms with E-state index in [0.717, 1.165) is 94.3 Å². The van der Waals surface area contributed by atoms with Gasteiger partial charge in [-0.2, -0.15) is 13.2 Å². The number of aromatic nitrogens is 3. The lowest BCUT2D eigenvalue weighted by Crippen LogP contribution is -2.52. The predicted octanol–water partition coefficient (Wildman–Crippen LogP) is 3.77. The molecule has 0 saturated carbocycles. The number of piperidine rings is 2. The minimum atomic E-state index is -4.67. The van der Waals surface area contributed by atoms with Crippen LogP contribution in [0.3, 0.4) is 0 Å². The van der Waals surface area contributed by atoms with Gasteiger partial charge in [0, 0.05) is 87.9 Å². The van der Waals surface area contributed by atoms with E-state index in [-0.39, 0.29) is 35.5 Å². The first-order valence-electron chi connectivity index (χ1n) is 18.8. The van der Waals surface area contributed by atoms with Crippen molar-refractivity contribution in [2.24, 2.45) is 0 Å². The monoisotopic (exact) mass is 773 g/mol. The average molecular weight is 774 g/mol. The van der Waals surface area contributed by atoms with Gasteiger partial charge in [-0.15, -0.1) is 0 Å². The largest absolute Gasteiger partial charge is 0.494 e. The van der Waals surface area contributed by atoms with Crippen LogP contribution in [0.5, 0.6) is 5.75 Å². The van der Waals surface area contributed by atoms with Crippen molar-refractivity contribution in [3.63, 3.8) is 0 Å². The minimum Gasteiger partial charge on any atom is -0.494 e. The van der Waals surface area contributed by atoms with Crippen LogP contribution in [0.15, 0.2) is 54.9 Å². The molecule has 0 radical (unpaired) electrons. The molecule has 3 aromatic heterocycles. The molecule has 1 atom stereocenters. The summed E-state index contributed by atoms with van der Waals surface area (Å²) in [6.07, 6.45) is 1.37. The van der Waals surface area contributed by atoms with Gasteiger partial charge in [-0.25, -0.2) is 9.97 Å². The molecule has 3 fully saturated rings. The van der Waals surface area contributed by atoms with E-state index in [2.05, 4.69) is 36.4 Å². The third kappa shape index (κ3) is 7.65. The number of fused-ring (bicyclic) bond motifs is 2. The number of benzene rings is 1. The van der Waals surface area contributed by atoms with Crippen LogP contribution in [0.1, 0.15) is 69.4 Å². The van der Waals surface area contributed by atoms with Crippen molar-refractivity contribution in [1.29, 1.82) is 0 Å². The number of pyridine rings is 2. The summed E-state index contributed by atoms with van der Waals surface area (Å²) in [5.74, 6) is -1.07. The van der Waals surface area contributed by atoms with E-state index in [1.54, 1.807) is 21.6 Å². The van der Waals surface area contributed by atoms with Crippen LogP contribution in [0.2, 0.25) is 0 Å². The third-order valence-corrected chi connectivity index (χ3v) is 11.3. The Kier molecular flexibility index (Phi) is 10.1. The second-order valence-electron chi connectivity index (χ2n) is 14.7. The first-order valence-corrected chi connectivity index (χ1v) is 18.8. The number of hydrogen-bond donors (Lipinski definition) is 2. The Hall–Kier alpha value is -5.55. The van der Waals surface area contributed by atoms with Crippen LogP contribution in [0.4, 0.5) is 24.5 Å². The molecule has 0 spiro atoms. The van der Waals surface area contributed by atoms with E-state index in [1.165, 1.54) is 13.2 Å². The molecule has 294 valence electrons. The third-order valence-electron chi connectivity index (χ3n) is 11.3. The zero-order valence-corrected chi connectivity index (χ0v) is 30.8. The lowest BCUT2D eigenvalue weighted by Gasteiger charge is -2.38. The number of carbonyl (C=O) groups excluding carboxylic acids is 4. The van der Waals surface area contributed by atoms with E-state index in [1.807, 2.05) is 18.3 Å². The van der Waals surface area contributed by atoms with Crippen molar-refractivity contribution < 1.29 is 37.1 Å². The second kappa shape index (κ2) is 15.2. The summed E-state index contributed by atoms with van der Waals surface area (Å²) in [6.45, 7) is 7.68. The summed E-state index contributed by atoms with van der Waals surface area (Å²) in [4.78, 5) is 67.4. The number of carbonyl (C=O) groups is 4. The summed E-state index contributed by atoms with van der Waals surface area (Å²) in [5, 5.41) is 4.99. The highest BCUT2D eigenvalue weighted by molar-refractivity contribution is 6.06. The van der Waals surface area contributed by atoms with Gasteiger partial charge >= 0.3 is 6.18 Å². The molecular formula is C39H42F3N9O5. The van der Waals surface area contributed by atoms with E-state index < -0.39 is 29.7 Å². The Bertz CT molecular complexity index is 2180. The first kappa shape index (κ1) is 37.4. The van der Waals surface area contributed by atoms with Crippen LogP contribution in [-0.4, -0.2) is 118 Å². The zero-order valence-electron chi connectivity index (χ0n) is 30.8. The second-order valence-corrected chi connectivity index (χ2v) is 14.7. The number of amides is 4. The average Bonchev–Trinajstić information content (AvgIpc) is 3.76. The fourth-order valence-corrected chi connectivity index (χ4v) is 8.10. The van der Waals surface area contributed by atoms with Crippen molar-refractivity contribution in [2.45, 2.75) is 50.4 Å². The molecule has 8 rings (SSSR count). The standard InChI is InChI=1S/C39H42F3N9O5/c1-56-32-20-34-44-29(22-50(34)23-30(32)45-36(53)28-3-2-4-33(43-28)39(40,41)42)24-9-11-47(12-10-24)13-14-48-15-17-49(18-16-48)26-6-5-25-21-51(38(55)27(25)19-26)31-7-8-35(52)46-37(31)54/h2-6,19-20,22-24,31H,7-18,21H2,1H3,(H,45,53)(H,46,52,54). The number of piperazine rings is 1. The molecule has 7 heterocycles. The Balaban J connectivity index is 0.810. The minimum absolute atomic E-state index is 0.159. The number of likely N-dealkylation sites (tertiary alicyclic amines) is 1. The highest BCUT2D eigenvalue weighted by Gasteiger charge is 2.39. The van der Waals surface area contributed by atoms with Gasteiger partial charge in [0.1, 0.15) is 34.5 Å². The summed E-state index contributed by atoms with van der Waals surface area (Å²) >= 11 is 0. The van der Waals surface area contributed by atoms with Crippen molar-refractivity contribution in [2.75, 3.05) is 69.7 Å². The number of imide groups is 1. The maximum atomic E-state index is 13.3. The highest BCUT2D eigenvalue weighted by Crippen LogP contribution is 2.33. The van der Waals surface area contributed by atoms with Crippen LogP contribution in [0, 0.1) is 0 Å². The van der Waals surface area contributed by atoms with Gasteiger partial charge in [0.15, 0.2) is 0 Å². The summed E-state index contributed by atoms with van der Waals surface area (Å²) in [5.41, 5.74) is 2.88. The number of hydrogen-bond acceptors (Lipinski definition) is 10. The van der Waals surface area contributed by atoms with Crippen LogP contribution in [-0.2, 0) is 22.3 Å². The molecule has 2 N–H and O–H groups in total. The number of imidazole rings is 1. The normalized spacial score (nSPS) is 20.1. The van der Waals surface area contributed by atoms with Crippen LogP contribution < -0.4 is 20.3 Å². The smallest absolute Gasteiger partial charge is 0.433 e. The maximum absolute atomic E-state index is 13.3. The summed E-state index contributed by atoms with van der Waals surface area (Å²) < 4.78 is 46.7. The molecule has 4 aromatic rings. The van der Waals surface area contributed by atoms with Crippen LogP contribution in [0.25, 0.3) is 5.65 Å². The molecule has 4 aliphatic rings. The van der Waals surface area contributed by atoms with Gasteiger partial charge in [-0.3, -0.25) is 29.4 Å². The van der Waals surface area contributed by atoms with E-state index in [4.69, 9.17) is 9.72 Å². The molecule has 0 aliphatic carbocycles. The van der Waals surface area contributed by atoms with E-state index in [9.17, 15) is 32.3 Å². The van der Waals surface area contributed by atoms with E-state index >= 15 is 0 Å². The number of methoxy groups -OCH3 is 1. The lowest BCUT2D eigenvalue weighted by atomic mass is 9.94. The van der Waals surface area contributed by atoms with Crippen molar-refractivity contribution >= 4 is 40.7 Å². The SMILES string of the molecule is COc1cc2nc(C3CCN(CCN4CCN(c5ccc6c(c5)C(=O)N(C5CCC(=O)NC5=O)C6)CC4)CC3)cn2cc1NC(=O)c1cccc(C(F)(F)F)n1. The van der Waals surface area contributed by atoms with Crippen molar-refractivity contribution in [3.05, 3.63) is 83.1 Å². The van der Waals surface area contributed by atoms with Gasteiger partial charge in [0.05, 0.1) is 12.8 Å². The van der Waals surface area contributed by atoms with Crippen molar-refractivity contribution in [3.8, 4) is 5.75 Å². The molecule has 3 saturated heterocycles.